The smallest absolute Gasteiger partial charge is 0.224 e. The average Bonchev–Trinajstić information content (AvgIpc) is 2.22. The van der Waals surface area contributed by atoms with Crippen molar-refractivity contribution in [2.45, 2.75) is 52.6 Å². The third kappa shape index (κ3) is 3.84. The number of nitrogens with two attached hydrogens (primary N) is 1. The first-order valence-corrected chi connectivity index (χ1v) is 6.35. The molecular formula is C15H24N2O. The molecule has 0 aliphatic carbocycles. The molecule has 0 bridgehead atoms. The molecule has 18 heavy (non-hydrogen) atoms. The van der Waals surface area contributed by atoms with Gasteiger partial charge in [0.05, 0.1) is 6.42 Å². The van der Waals surface area contributed by atoms with Crippen molar-refractivity contribution < 1.29 is 4.79 Å². The van der Waals surface area contributed by atoms with Crippen LogP contribution < -0.4 is 11.1 Å². The first-order chi connectivity index (χ1) is 8.22. The van der Waals surface area contributed by atoms with Crippen LogP contribution in [0.1, 0.15) is 37.5 Å². The summed E-state index contributed by atoms with van der Waals surface area (Å²) in [5, 5.41) is 2.97. The number of benzene rings is 1. The molecule has 3 nitrogen and oxygen atoms in total. The van der Waals surface area contributed by atoms with Crippen LogP contribution in [0.25, 0.3) is 0 Å². The minimum Gasteiger partial charge on any atom is -0.349 e. The molecule has 0 saturated heterocycles. The van der Waals surface area contributed by atoms with Gasteiger partial charge in [-0.3, -0.25) is 4.79 Å². The van der Waals surface area contributed by atoms with Gasteiger partial charge in [-0.1, -0.05) is 18.2 Å². The standard InChI is InChI=1S/C15H24N2O/c1-10-6-7-13(8-11(10)2)9-14(18)17-15(4,5)12(3)16/h6-8,12H,9,16H2,1-5H3,(H,17,18). The van der Waals surface area contributed by atoms with Gasteiger partial charge in [-0.15, -0.1) is 0 Å². The zero-order valence-electron chi connectivity index (χ0n) is 12.0. The lowest BCUT2D eigenvalue weighted by Crippen LogP contribution is -2.54. The van der Waals surface area contributed by atoms with Crippen molar-refractivity contribution >= 4 is 5.91 Å². The van der Waals surface area contributed by atoms with Gasteiger partial charge in [-0.2, -0.15) is 0 Å². The highest BCUT2D eigenvalue weighted by atomic mass is 16.1. The lowest BCUT2D eigenvalue weighted by molar-refractivity contribution is -0.122. The van der Waals surface area contributed by atoms with E-state index in [0.717, 1.165) is 5.56 Å². The summed E-state index contributed by atoms with van der Waals surface area (Å²) in [4.78, 5) is 12.0. The molecule has 1 atom stereocenters. The Labute approximate surface area is 110 Å². The van der Waals surface area contributed by atoms with Gasteiger partial charge in [-0.05, 0) is 51.3 Å². The molecule has 0 fully saturated rings. The van der Waals surface area contributed by atoms with E-state index in [0.29, 0.717) is 6.42 Å². The number of carbonyl (C=O) groups is 1. The summed E-state index contributed by atoms with van der Waals surface area (Å²) in [5.74, 6) is 0.0144. The van der Waals surface area contributed by atoms with Crippen LogP contribution in [0.5, 0.6) is 0 Å². The molecule has 100 valence electrons. The van der Waals surface area contributed by atoms with Crippen LogP contribution >= 0.6 is 0 Å². The Morgan fingerprint density at radius 1 is 1.33 bits per heavy atom. The molecule has 0 heterocycles. The molecule has 0 spiro atoms. The van der Waals surface area contributed by atoms with Crippen molar-refractivity contribution in [2.75, 3.05) is 0 Å². The Bertz CT molecular complexity index is 436. The number of hydrogen-bond acceptors (Lipinski definition) is 2. The van der Waals surface area contributed by atoms with Crippen LogP contribution in [0.2, 0.25) is 0 Å². The van der Waals surface area contributed by atoms with E-state index in [4.69, 9.17) is 5.73 Å². The molecule has 1 amide bonds. The molecule has 0 saturated carbocycles. The summed E-state index contributed by atoms with van der Waals surface area (Å²) >= 11 is 0. The molecule has 0 radical (unpaired) electrons. The zero-order chi connectivity index (χ0) is 13.9. The van der Waals surface area contributed by atoms with Crippen LogP contribution in [0.15, 0.2) is 18.2 Å². The monoisotopic (exact) mass is 248 g/mol. The minimum atomic E-state index is -0.378. The summed E-state index contributed by atoms with van der Waals surface area (Å²) in [6, 6.07) is 6.03. The Morgan fingerprint density at radius 2 is 1.94 bits per heavy atom. The number of aryl methyl sites for hydroxylation is 2. The van der Waals surface area contributed by atoms with Crippen molar-refractivity contribution in [3.8, 4) is 0 Å². The Morgan fingerprint density at radius 3 is 2.44 bits per heavy atom. The number of hydrogen-bond donors (Lipinski definition) is 2. The Hall–Kier alpha value is -1.35. The molecule has 0 aliphatic rings. The molecular weight excluding hydrogens is 224 g/mol. The van der Waals surface area contributed by atoms with E-state index < -0.39 is 0 Å². The normalized spacial score (nSPS) is 13.2. The summed E-state index contributed by atoms with van der Waals surface area (Å²) in [6.45, 7) is 9.91. The predicted octanol–water partition coefficient (Wildman–Crippen LogP) is 2.09. The second-order valence-corrected chi connectivity index (χ2v) is 5.65. The van der Waals surface area contributed by atoms with Gasteiger partial charge >= 0.3 is 0 Å². The average molecular weight is 248 g/mol. The zero-order valence-corrected chi connectivity index (χ0v) is 12.0. The number of carbonyl (C=O) groups excluding carboxylic acids is 1. The maximum atomic E-state index is 12.0. The highest BCUT2D eigenvalue weighted by Crippen LogP contribution is 2.11. The lowest BCUT2D eigenvalue weighted by atomic mass is 9.96. The predicted molar refractivity (Wildman–Crippen MR) is 75.5 cm³/mol. The van der Waals surface area contributed by atoms with Crippen molar-refractivity contribution in [3.63, 3.8) is 0 Å². The molecule has 1 unspecified atom stereocenters. The van der Waals surface area contributed by atoms with Gasteiger partial charge in [0.15, 0.2) is 0 Å². The van der Waals surface area contributed by atoms with E-state index in [9.17, 15) is 4.79 Å². The molecule has 1 aromatic rings. The molecule has 0 aromatic heterocycles. The fourth-order valence-corrected chi connectivity index (χ4v) is 1.62. The Kier molecular flexibility index (Phi) is 4.52. The van der Waals surface area contributed by atoms with Crippen LogP contribution in [0.3, 0.4) is 0 Å². The van der Waals surface area contributed by atoms with E-state index in [2.05, 4.69) is 31.3 Å². The first-order valence-electron chi connectivity index (χ1n) is 6.35. The third-order valence-corrected chi connectivity index (χ3v) is 3.54. The van der Waals surface area contributed by atoms with Crippen molar-refractivity contribution in [1.82, 2.24) is 5.32 Å². The Balaban J connectivity index is 2.68. The third-order valence-electron chi connectivity index (χ3n) is 3.54. The van der Waals surface area contributed by atoms with E-state index in [1.807, 2.05) is 26.8 Å². The maximum Gasteiger partial charge on any atom is 0.224 e. The van der Waals surface area contributed by atoms with Gasteiger partial charge in [-0.25, -0.2) is 0 Å². The van der Waals surface area contributed by atoms with Gasteiger partial charge in [0.2, 0.25) is 5.91 Å². The second kappa shape index (κ2) is 5.53. The van der Waals surface area contributed by atoms with Crippen molar-refractivity contribution in [1.29, 1.82) is 0 Å². The second-order valence-electron chi connectivity index (χ2n) is 5.65. The highest BCUT2D eigenvalue weighted by Gasteiger charge is 2.24. The van der Waals surface area contributed by atoms with Gasteiger partial charge < -0.3 is 11.1 Å². The SMILES string of the molecule is Cc1ccc(CC(=O)NC(C)(C)C(C)N)cc1C. The largest absolute Gasteiger partial charge is 0.349 e. The summed E-state index contributed by atoms with van der Waals surface area (Å²) in [5.41, 5.74) is 8.96. The van der Waals surface area contributed by atoms with Crippen LogP contribution in [-0.4, -0.2) is 17.5 Å². The fraction of sp³-hybridized carbons (Fsp3) is 0.533. The summed E-state index contributed by atoms with van der Waals surface area (Å²) < 4.78 is 0. The molecule has 1 aromatic carbocycles. The number of rotatable bonds is 4. The fourth-order valence-electron chi connectivity index (χ4n) is 1.62. The van der Waals surface area contributed by atoms with E-state index in [-0.39, 0.29) is 17.5 Å². The molecule has 1 rings (SSSR count). The van der Waals surface area contributed by atoms with Gasteiger partial charge in [0.25, 0.3) is 0 Å². The number of nitrogens with one attached hydrogen (secondary N) is 1. The van der Waals surface area contributed by atoms with Gasteiger partial charge in [0, 0.05) is 11.6 Å². The maximum absolute atomic E-state index is 12.0. The summed E-state index contributed by atoms with van der Waals surface area (Å²) in [6.07, 6.45) is 0.400. The molecule has 0 aliphatic heterocycles. The van der Waals surface area contributed by atoms with Crippen molar-refractivity contribution in [3.05, 3.63) is 34.9 Å². The van der Waals surface area contributed by atoms with E-state index >= 15 is 0 Å². The molecule has 3 heteroatoms. The number of amides is 1. The quantitative estimate of drug-likeness (QED) is 0.857. The first kappa shape index (κ1) is 14.7. The van der Waals surface area contributed by atoms with Gasteiger partial charge in [0.1, 0.15) is 0 Å². The lowest BCUT2D eigenvalue weighted by Gasteiger charge is -2.30. The minimum absolute atomic E-state index is 0.0144. The highest BCUT2D eigenvalue weighted by molar-refractivity contribution is 5.79. The van der Waals surface area contributed by atoms with E-state index in [1.165, 1.54) is 11.1 Å². The van der Waals surface area contributed by atoms with Crippen LogP contribution in [0, 0.1) is 13.8 Å². The van der Waals surface area contributed by atoms with Crippen LogP contribution in [0.4, 0.5) is 0 Å². The topological polar surface area (TPSA) is 55.1 Å². The van der Waals surface area contributed by atoms with Crippen molar-refractivity contribution in [2.24, 2.45) is 5.73 Å². The molecule has 3 N–H and O–H groups in total. The van der Waals surface area contributed by atoms with E-state index in [1.54, 1.807) is 0 Å². The van der Waals surface area contributed by atoms with Crippen LogP contribution in [-0.2, 0) is 11.2 Å². The summed E-state index contributed by atoms with van der Waals surface area (Å²) in [7, 11) is 0.